The fourth-order valence-electron chi connectivity index (χ4n) is 4.87. The first-order valence-corrected chi connectivity index (χ1v) is 14.6. The second kappa shape index (κ2) is 15.3. The van der Waals surface area contributed by atoms with E-state index in [1.165, 1.54) is 29.1 Å². The van der Waals surface area contributed by atoms with Gasteiger partial charge in [0.1, 0.15) is 5.69 Å². The van der Waals surface area contributed by atoms with Crippen molar-refractivity contribution in [3.63, 3.8) is 0 Å². The molecule has 0 saturated heterocycles. The van der Waals surface area contributed by atoms with Crippen LogP contribution in [0.2, 0.25) is 0 Å². The molecule has 4 aromatic rings. The second-order valence-electron chi connectivity index (χ2n) is 10.2. The molecule has 8 N–H and O–H groups in total. The number of alkyl halides is 3. The first kappa shape index (κ1) is 33.9. The molecule has 0 saturated carbocycles. The van der Waals surface area contributed by atoms with E-state index in [1.54, 1.807) is 13.0 Å². The van der Waals surface area contributed by atoms with Crippen molar-refractivity contribution in [3.05, 3.63) is 53.7 Å². The van der Waals surface area contributed by atoms with Crippen LogP contribution in [0.25, 0.3) is 16.9 Å². The Hall–Kier alpha value is -5.03. The van der Waals surface area contributed by atoms with Crippen molar-refractivity contribution in [3.8, 4) is 17.0 Å². The number of aromatic nitrogens is 5. The third-order valence-corrected chi connectivity index (χ3v) is 7.15. The number of ether oxygens (including phenoxy) is 1. The van der Waals surface area contributed by atoms with Gasteiger partial charge in [-0.05, 0) is 44.4 Å². The molecule has 0 spiro atoms. The van der Waals surface area contributed by atoms with Gasteiger partial charge in [-0.1, -0.05) is 13.3 Å². The first-order valence-electron chi connectivity index (χ1n) is 14.6. The van der Waals surface area contributed by atoms with Gasteiger partial charge in [0.25, 0.3) is 12.4 Å². The summed E-state index contributed by atoms with van der Waals surface area (Å²) in [6.45, 7) is 3.13. The molecular weight excluding hydrogens is 609 g/mol. The summed E-state index contributed by atoms with van der Waals surface area (Å²) in [7, 11) is 0. The fraction of sp³-hybridized carbons (Fsp3) is 0.379. The summed E-state index contributed by atoms with van der Waals surface area (Å²) >= 11 is 0. The molecular formula is C29H35F3N10O4. The van der Waals surface area contributed by atoms with Crippen LogP contribution in [0.15, 0.2) is 36.9 Å². The highest BCUT2D eigenvalue weighted by Crippen LogP contribution is 2.37. The van der Waals surface area contributed by atoms with Crippen molar-refractivity contribution < 1.29 is 32.3 Å². The van der Waals surface area contributed by atoms with Crippen LogP contribution in [0.1, 0.15) is 54.2 Å². The van der Waals surface area contributed by atoms with E-state index >= 15 is 0 Å². The summed E-state index contributed by atoms with van der Waals surface area (Å²) in [4.78, 5) is 45.2. The minimum absolute atomic E-state index is 0.0748. The van der Waals surface area contributed by atoms with E-state index < -0.39 is 23.8 Å². The summed E-state index contributed by atoms with van der Waals surface area (Å²) in [5, 5.41) is 14.1. The molecule has 0 aliphatic rings. The standard InChI is InChI=1S/C29H35F3N10O4/c1-2-17-18(27(44)36-10-5-11-37-28(45)20(34)6-3-4-9-33)7-8-21(23(17)46-16-43)40-25-26-38-15-22(42(26)13-12-35-25)19-14-39-41-24(19)29(30,31)32/h7-8,12-16,20H,2-6,9-11,33-34H2,1H3,(H,35,40)(H,36,44)(H,37,45)(H,39,41)/t20-/m0/s1. The highest BCUT2D eigenvalue weighted by Gasteiger charge is 2.36. The van der Waals surface area contributed by atoms with Crippen LogP contribution in [-0.4, -0.2) is 68.5 Å². The van der Waals surface area contributed by atoms with Crippen molar-refractivity contribution in [2.24, 2.45) is 11.5 Å². The Balaban J connectivity index is 1.48. The number of nitrogens with two attached hydrogens (primary N) is 2. The first-order chi connectivity index (χ1) is 22.1. The highest BCUT2D eigenvalue weighted by molar-refractivity contribution is 5.97. The van der Waals surface area contributed by atoms with Gasteiger partial charge in [0.05, 0.1) is 35.4 Å². The third-order valence-electron chi connectivity index (χ3n) is 7.15. The van der Waals surface area contributed by atoms with Gasteiger partial charge in [0.15, 0.2) is 17.2 Å². The number of amides is 2. The molecule has 0 fully saturated rings. The molecule has 0 bridgehead atoms. The number of anilines is 2. The monoisotopic (exact) mass is 644 g/mol. The van der Waals surface area contributed by atoms with Gasteiger partial charge in [-0.2, -0.15) is 18.3 Å². The molecule has 0 aliphatic carbocycles. The van der Waals surface area contributed by atoms with E-state index in [0.29, 0.717) is 37.9 Å². The lowest BCUT2D eigenvalue weighted by molar-refractivity contribution is -0.140. The van der Waals surface area contributed by atoms with E-state index in [9.17, 15) is 27.6 Å². The zero-order valence-electron chi connectivity index (χ0n) is 25.0. The Bertz CT molecular complexity index is 1670. The van der Waals surface area contributed by atoms with E-state index in [4.69, 9.17) is 16.2 Å². The molecule has 0 radical (unpaired) electrons. The highest BCUT2D eigenvalue weighted by atomic mass is 19.4. The van der Waals surface area contributed by atoms with Gasteiger partial charge in [-0.3, -0.25) is 23.9 Å². The van der Waals surface area contributed by atoms with Crippen molar-refractivity contribution in [1.82, 2.24) is 35.2 Å². The van der Waals surface area contributed by atoms with Gasteiger partial charge >= 0.3 is 6.18 Å². The van der Waals surface area contributed by atoms with Crippen LogP contribution < -0.4 is 32.2 Å². The number of halogens is 3. The van der Waals surface area contributed by atoms with Crippen LogP contribution in [-0.2, 0) is 22.2 Å². The van der Waals surface area contributed by atoms with Crippen molar-refractivity contribution in [2.75, 3.05) is 25.0 Å². The van der Waals surface area contributed by atoms with E-state index in [0.717, 1.165) is 19.0 Å². The Morgan fingerprint density at radius 3 is 2.63 bits per heavy atom. The van der Waals surface area contributed by atoms with Gasteiger partial charge in [0.2, 0.25) is 5.91 Å². The molecule has 1 atom stereocenters. The van der Waals surface area contributed by atoms with Crippen LogP contribution >= 0.6 is 0 Å². The average molecular weight is 645 g/mol. The molecule has 3 aromatic heterocycles. The van der Waals surface area contributed by atoms with Crippen LogP contribution in [0, 0.1) is 0 Å². The predicted octanol–water partition coefficient (Wildman–Crippen LogP) is 2.67. The van der Waals surface area contributed by atoms with E-state index in [-0.39, 0.29) is 58.6 Å². The maximum atomic E-state index is 13.5. The third kappa shape index (κ3) is 7.78. The Kier molecular flexibility index (Phi) is 11.3. The molecule has 0 aliphatic heterocycles. The largest absolute Gasteiger partial charge is 0.433 e. The lowest BCUT2D eigenvalue weighted by atomic mass is 10.0. The van der Waals surface area contributed by atoms with Gasteiger partial charge < -0.3 is 32.2 Å². The van der Waals surface area contributed by atoms with Gasteiger partial charge in [-0.25, -0.2) is 9.97 Å². The number of carbonyl (C=O) groups excluding carboxylic acids is 3. The number of hydrogen-bond donors (Lipinski definition) is 6. The van der Waals surface area contributed by atoms with Crippen molar-refractivity contribution >= 4 is 35.4 Å². The lowest BCUT2D eigenvalue weighted by Crippen LogP contribution is -2.41. The van der Waals surface area contributed by atoms with Crippen molar-refractivity contribution in [2.45, 2.75) is 51.2 Å². The number of nitrogens with one attached hydrogen (secondary N) is 4. The number of H-pyrrole nitrogens is 1. The fourth-order valence-corrected chi connectivity index (χ4v) is 4.87. The Morgan fingerprint density at radius 1 is 1.13 bits per heavy atom. The number of nitrogens with zero attached hydrogens (tertiary/aromatic N) is 4. The summed E-state index contributed by atoms with van der Waals surface area (Å²) in [5.74, 6) is -0.449. The molecule has 17 heteroatoms. The summed E-state index contributed by atoms with van der Waals surface area (Å²) in [5.41, 5.74) is 11.4. The smallest absolute Gasteiger partial charge is 0.426 e. The topological polar surface area (TPSA) is 207 Å². The minimum Gasteiger partial charge on any atom is -0.426 e. The van der Waals surface area contributed by atoms with Crippen molar-refractivity contribution in [1.29, 1.82) is 0 Å². The number of imidazole rings is 1. The molecule has 1 aromatic carbocycles. The van der Waals surface area contributed by atoms with Gasteiger partial charge in [0, 0.05) is 36.6 Å². The molecule has 3 heterocycles. The number of benzene rings is 1. The number of hydrogen-bond acceptors (Lipinski definition) is 10. The zero-order chi connectivity index (χ0) is 33.3. The molecule has 246 valence electrons. The molecule has 0 unspecified atom stereocenters. The summed E-state index contributed by atoms with van der Waals surface area (Å²) in [6.07, 6.45) is 3.35. The summed E-state index contributed by atoms with van der Waals surface area (Å²) < 4.78 is 47.2. The molecule has 46 heavy (non-hydrogen) atoms. The van der Waals surface area contributed by atoms with Crippen LogP contribution in [0.4, 0.5) is 24.7 Å². The minimum atomic E-state index is -4.66. The predicted molar refractivity (Wildman–Crippen MR) is 162 cm³/mol. The summed E-state index contributed by atoms with van der Waals surface area (Å²) in [6, 6.07) is 2.45. The maximum absolute atomic E-state index is 13.5. The normalized spacial score (nSPS) is 12.1. The number of fused-ring (bicyclic) bond motifs is 1. The number of aromatic amines is 1. The molecule has 4 rings (SSSR count). The molecule has 14 nitrogen and oxygen atoms in total. The van der Waals surface area contributed by atoms with Gasteiger partial charge in [-0.15, -0.1) is 0 Å². The van der Waals surface area contributed by atoms with Crippen LogP contribution in [0.5, 0.6) is 5.75 Å². The van der Waals surface area contributed by atoms with Crippen LogP contribution in [0.3, 0.4) is 0 Å². The SMILES string of the molecule is CCc1c(C(=O)NCCCNC(=O)[C@@H](N)CCCCN)ccc(Nc2nccn3c(-c4cn[nH]c4C(F)(F)F)cnc23)c1OC=O. The van der Waals surface area contributed by atoms with E-state index in [1.807, 2.05) is 5.10 Å². The number of rotatable bonds is 16. The number of unbranched alkanes of at least 4 members (excludes halogenated alkanes) is 1. The zero-order valence-corrected chi connectivity index (χ0v) is 25.0. The Morgan fingerprint density at radius 2 is 1.91 bits per heavy atom. The quantitative estimate of drug-likeness (QED) is 0.0776. The second-order valence-corrected chi connectivity index (χ2v) is 10.2. The average Bonchev–Trinajstić information content (AvgIpc) is 3.69. The lowest BCUT2D eigenvalue weighted by Gasteiger charge is -2.17. The Labute approximate surface area is 261 Å². The molecule has 2 amide bonds. The van der Waals surface area contributed by atoms with E-state index in [2.05, 4.69) is 31.0 Å². The maximum Gasteiger partial charge on any atom is 0.433 e. The number of carbonyl (C=O) groups is 3.